The van der Waals surface area contributed by atoms with Gasteiger partial charge in [0.05, 0.1) is 29.6 Å². The topological polar surface area (TPSA) is 80.2 Å². The Labute approximate surface area is 217 Å². The van der Waals surface area contributed by atoms with Crippen LogP contribution < -0.4 is 10.1 Å². The van der Waals surface area contributed by atoms with E-state index in [1.165, 1.54) is 25.1 Å². The number of rotatable bonds is 6. The minimum absolute atomic E-state index is 0.123. The first-order valence-corrected chi connectivity index (χ1v) is 12.3. The van der Waals surface area contributed by atoms with Gasteiger partial charge in [0.15, 0.2) is 0 Å². The third-order valence-electron chi connectivity index (χ3n) is 6.12. The molecule has 38 heavy (non-hydrogen) atoms. The Morgan fingerprint density at radius 2 is 1.97 bits per heavy atom. The Morgan fingerprint density at radius 3 is 2.63 bits per heavy atom. The van der Waals surface area contributed by atoms with E-state index in [0.717, 1.165) is 23.3 Å². The van der Waals surface area contributed by atoms with E-state index in [0.29, 0.717) is 11.2 Å². The summed E-state index contributed by atoms with van der Waals surface area (Å²) >= 11 is 1.07. The Bertz CT molecular complexity index is 1330. The van der Waals surface area contributed by atoms with E-state index < -0.39 is 60.2 Å². The van der Waals surface area contributed by atoms with E-state index in [4.69, 9.17) is 4.74 Å². The molecule has 3 heterocycles. The molecule has 1 saturated heterocycles. The smallest absolute Gasteiger partial charge is 0.423 e. The van der Waals surface area contributed by atoms with Crippen molar-refractivity contribution in [3.63, 3.8) is 0 Å². The number of aryl methyl sites for hydroxylation is 1. The van der Waals surface area contributed by atoms with E-state index in [2.05, 4.69) is 20.3 Å². The average Bonchev–Trinajstić information content (AvgIpc) is 3.22. The summed E-state index contributed by atoms with van der Waals surface area (Å²) < 4.78 is 87.9. The number of piperidine rings is 1. The second kappa shape index (κ2) is 10.4. The Balaban J connectivity index is 1.64. The van der Waals surface area contributed by atoms with Gasteiger partial charge in [-0.05, 0) is 18.9 Å². The lowest BCUT2D eigenvalue weighted by Crippen LogP contribution is -2.57. The summed E-state index contributed by atoms with van der Waals surface area (Å²) in [6, 6.07) is 4.95. The van der Waals surface area contributed by atoms with E-state index >= 15 is 0 Å². The first-order valence-electron chi connectivity index (χ1n) is 11.4. The molecule has 2 atom stereocenters. The van der Waals surface area contributed by atoms with Crippen LogP contribution >= 0.6 is 11.3 Å². The number of methoxy groups -OCH3 is 1. The molecule has 1 amide bonds. The molecule has 0 spiro atoms. The van der Waals surface area contributed by atoms with Crippen LogP contribution in [0.2, 0.25) is 0 Å². The molecule has 1 aromatic carbocycles. The van der Waals surface area contributed by atoms with Gasteiger partial charge in [0, 0.05) is 24.7 Å². The van der Waals surface area contributed by atoms with Crippen molar-refractivity contribution in [1.82, 2.24) is 19.9 Å². The van der Waals surface area contributed by atoms with Gasteiger partial charge in [-0.1, -0.05) is 25.1 Å². The van der Waals surface area contributed by atoms with Crippen molar-refractivity contribution in [3.05, 3.63) is 52.5 Å². The number of anilines is 1. The summed E-state index contributed by atoms with van der Waals surface area (Å²) in [4.78, 5) is 26.4. The zero-order chi connectivity index (χ0) is 27.8. The highest BCUT2D eigenvalue weighted by molar-refractivity contribution is 7.15. The minimum atomic E-state index is -4.74. The number of halogens is 6. The number of nitrogens with one attached hydrogen (secondary N) is 1. The summed E-state index contributed by atoms with van der Waals surface area (Å²) in [5.41, 5.74) is -1.20. The number of hydrogen-bond acceptors (Lipinski definition) is 7. The number of carbonyl (C=O) groups excluding carboxylic acids is 1. The van der Waals surface area contributed by atoms with Crippen molar-refractivity contribution in [2.75, 3.05) is 25.5 Å². The lowest BCUT2D eigenvalue weighted by atomic mass is 9.88. The van der Waals surface area contributed by atoms with Crippen molar-refractivity contribution >= 4 is 23.2 Å². The molecule has 1 aliphatic rings. The molecular formula is C24H23F6N5O2S. The second-order valence-electron chi connectivity index (χ2n) is 8.92. The molecule has 3 aromatic rings. The number of amides is 1. The highest BCUT2D eigenvalue weighted by Gasteiger charge is 2.47. The molecule has 0 radical (unpaired) electrons. The molecule has 1 N–H and O–H groups in total. The summed E-state index contributed by atoms with van der Waals surface area (Å²) in [5.74, 6) is -6.25. The van der Waals surface area contributed by atoms with Crippen molar-refractivity contribution in [3.8, 4) is 16.3 Å². The van der Waals surface area contributed by atoms with Crippen molar-refractivity contribution < 1.29 is 35.9 Å². The van der Waals surface area contributed by atoms with Gasteiger partial charge in [0.1, 0.15) is 17.1 Å². The van der Waals surface area contributed by atoms with Gasteiger partial charge in [0.25, 0.3) is 11.8 Å². The van der Waals surface area contributed by atoms with Crippen LogP contribution in [0.3, 0.4) is 0 Å². The van der Waals surface area contributed by atoms with Crippen molar-refractivity contribution in [2.45, 2.75) is 38.4 Å². The average molecular weight is 560 g/mol. The molecule has 204 valence electrons. The number of carbonyl (C=O) groups is 1. The molecular weight excluding hydrogens is 536 g/mol. The number of thiazole rings is 1. The molecule has 0 saturated carbocycles. The monoisotopic (exact) mass is 559 g/mol. The first-order chi connectivity index (χ1) is 17.8. The molecule has 0 aliphatic carbocycles. The van der Waals surface area contributed by atoms with E-state index in [1.54, 1.807) is 13.0 Å². The summed E-state index contributed by atoms with van der Waals surface area (Å²) in [5, 5.41) is 3.18. The summed E-state index contributed by atoms with van der Waals surface area (Å²) in [6.45, 7) is 2.11. The highest BCUT2D eigenvalue weighted by atomic mass is 32.1. The van der Waals surface area contributed by atoms with Crippen LogP contribution in [0.25, 0.3) is 10.4 Å². The molecule has 7 nitrogen and oxygen atoms in total. The minimum Gasteiger partial charge on any atom is -0.480 e. The fourth-order valence-corrected chi connectivity index (χ4v) is 5.35. The Hall–Kier alpha value is -3.42. The van der Waals surface area contributed by atoms with Crippen LogP contribution in [0, 0.1) is 18.7 Å². The maximum atomic E-state index is 14.6. The molecule has 0 bridgehead atoms. The quantitative estimate of drug-likeness (QED) is 0.392. The number of ether oxygens (including phenoxy) is 1. The number of hydrogen-bond donors (Lipinski definition) is 1. The largest absolute Gasteiger partial charge is 0.480 e. The molecule has 2 unspecified atom stereocenters. The van der Waals surface area contributed by atoms with Gasteiger partial charge in [-0.3, -0.25) is 4.79 Å². The van der Waals surface area contributed by atoms with E-state index in [-0.39, 0.29) is 28.6 Å². The fraction of sp³-hybridized carbons (Fsp3) is 0.417. The number of benzene rings is 1. The first kappa shape index (κ1) is 27.6. The summed E-state index contributed by atoms with van der Waals surface area (Å²) in [6.07, 6.45) is -4.71. The lowest BCUT2D eigenvalue weighted by molar-refractivity contribution is -0.139. The van der Waals surface area contributed by atoms with E-state index in [9.17, 15) is 31.1 Å². The van der Waals surface area contributed by atoms with E-state index in [1.807, 2.05) is 0 Å². The maximum absolute atomic E-state index is 14.6. The van der Waals surface area contributed by atoms with Crippen LogP contribution in [0.1, 0.15) is 34.4 Å². The second-order valence-corrected chi connectivity index (χ2v) is 10.1. The molecule has 14 heteroatoms. The van der Waals surface area contributed by atoms with Crippen molar-refractivity contribution in [2.24, 2.45) is 5.92 Å². The zero-order valence-electron chi connectivity index (χ0n) is 20.4. The Kier molecular flexibility index (Phi) is 7.55. The van der Waals surface area contributed by atoms with Crippen molar-refractivity contribution in [1.29, 1.82) is 0 Å². The molecule has 2 aromatic heterocycles. The van der Waals surface area contributed by atoms with Gasteiger partial charge in [-0.25, -0.2) is 23.1 Å². The van der Waals surface area contributed by atoms with Gasteiger partial charge in [-0.15, -0.1) is 11.3 Å². The van der Waals surface area contributed by atoms with Gasteiger partial charge in [-0.2, -0.15) is 18.2 Å². The number of alkyl halides is 5. The number of aromatic nitrogens is 3. The van der Waals surface area contributed by atoms with Crippen LogP contribution in [0.4, 0.5) is 32.3 Å². The zero-order valence-corrected chi connectivity index (χ0v) is 21.3. The van der Waals surface area contributed by atoms with Crippen LogP contribution in [-0.2, 0) is 6.18 Å². The third kappa shape index (κ3) is 5.69. The number of likely N-dealkylation sites (tertiary alicyclic amines) is 1. The predicted molar refractivity (Wildman–Crippen MR) is 128 cm³/mol. The normalized spacial score (nSPS) is 19.3. The van der Waals surface area contributed by atoms with Crippen LogP contribution in [0.15, 0.2) is 30.5 Å². The van der Waals surface area contributed by atoms with Crippen LogP contribution in [0.5, 0.6) is 5.88 Å². The maximum Gasteiger partial charge on any atom is 0.423 e. The SMILES string of the molecule is COc1nc(NCC2C(C)CC(F)(F)CN2C(=O)c2nc(C)sc2-c2ccccc2F)ncc1C(F)(F)F. The number of nitrogens with zero attached hydrogens (tertiary/aromatic N) is 4. The van der Waals surface area contributed by atoms with Crippen LogP contribution in [-0.4, -0.2) is 57.9 Å². The van der Waals surface area contributed by atoms with Gasteiger partial charge >= 0.3 is 6.18 Å². The highest BCUT2D eigenvalue weighted by Crippen LogP contribution is 2.39. The Morgan fingerprint density at radius 1 is 1.26 bits per heavy atom. The third-order valence-corrected chi connectivity index (χ3v) is 7.12. The standard InChI is InChI=1S/C24H23F6N5O2S/c1-12-8-23(26,27)11-35(17(12)10-32-22-31-9-15(24(28,29)30)20(34-22)37-3)21(36)18-19(38-13(2)33-18)14-6-4-5-7-16(14)25/h4-7,9,12,17H,8,10-11H2,1-3H3,(H,31,32,34). The van der Waals surface area contributed by atoms with Gasteiger partial charge < -0.3 is 15.0 Å². The molecule has 4 rings (SSSR count). The lowest BCUT2D eigenvalue weighted by Gasteiger charge is -2.43. The predicted octanol–water partition coefficient (Wildman–Crippen LogP) is 5.67. The fourth-order valence-electron chi connectivity index (χ4n) is 4.41. The summed E-state index contributed by atoms with van der Waals surface area (Å²) in [7, 11) is 1.02. The molecule has 1 aliphatic heterocycles. The van der Waals surface area contributed by atoms with Gasteiger partial charge in [0.2, 0.25) is 11.8 Å². The molecule has 1 fully saturated rings.